The van der Waals surface area contributed by atoms with Crippen LogP contribution < -0.4 is 5.32 Å². The van der Waals surface area contributed by atoms with Gasteiger partial charge in [-0.1, -0.05) is 25.1 Å². The van der Waals surface area contributed by atoms with Crippen LogP contribution in [0.2, 0.25) is 0 Å². The number of hydrogen-bond donors (Lipinski definition) is 1. The van der Waals surface area contributed by atoms with Gasteiger partial charge in [-0.15, -0.1) is 0 Å². The van der Waals surface area contributed by atoms with Crippen molar-refractivity contribution in [2.24, 2.45) is 0 Å². The number of benzene rings is 2. The highest BCUT2D eigenvalue weighted by molar-refractivity contribution is 5.36. The van der Waals surface area contributed by atoms with Crippen LogP contribution in [0.1, 0.15) is 36.1 Å². The molecule has 21 heavy (non-hydrogen) atoms. The Morgan fingerprint density at radius 1 is 0.952 bits per heavy atom. The van der Waals surface area contributed by atoms with Gasteiger partial charge >= 0.3 is 0 Å². The predicted molar refractivity (Wildman–Crippen MR) is 77.6 cm³/mol. The van der Waals surface area contributed by atoms with Crippen molar-refractivity contribution in [1.82, 2.24) is 5.32 Å². The van der Waals surface area contributed by atoms with Crippen molar-refractivity contribution in [2.75, 3.05) is 6.54 Å². The lowest BCUT2D eigenvalue weighted by molar-refractivity contribution is 0.511. The largest absolute Gasteiger partial charge is 0.306 e. The second kappa shape index (κ2) is 6.76. The summed E-state index contributed by atoms with van der Waals surface area (Å²) in [4.78, 5) is 0. The van der Waals surface area contributed by atoms with Crippen LogP contribution in [0, 0.1) is 24.4 Å². The summed E-state index contributed by atoms with van der Waals surface area (Å²) in [6.07, 6.45) is 0.826. The van der Waals surface area contributed by atoms with E-state index in [0.717, 1.165) is 12.5 Å². The van der Waals surface area contributed by atoms with E-state index in [9.17, 15) is 13.2 Å². The van der Waals surface area contributed by atoms with Gasteiger partial charge in [0.1, 0.15) is 17.5 Å². The molecule has 1 unspecified atom stereocenters. The summed E-state index contributed by atoms with van der Waals surface area (Å²) in [6.45, 7) is 4.14. The minimum absolute atomic E-state index is 0.257. The molecule has 0 heterocycles. The number of aryl methyl sites for hydroxylation is 1. The van der Waals surface area contributed by atoms with Gasteiger partial charge in [-0.25, -0.2) is 13.2 Å². The van der Waals surface area contributed by atoms with Crippen LogP contribution in [-0.2, 0) is 0 Å². The molecule has 4 heteroatoms. The Morgan fingerprint density at radius 2 is 1.67 bits per heavy atom. The lowest BCUT2D eigenvalue weighted by atomic mass is 9.96. The fourth-order valence-electron chi connectivity index (χ4n) is 2.29. The summed E-state index contributed by atoms with van der Waals surface area (Å²) in [5.41, 5.74) is 0.953. The number of rotatable bonds is 5. The molecular formula is C17H18F3N. The highest BCUT2D eigenvalue weighted by Crippen LogP contribution is 2.28. The fourth-order valence-corrected chi connectivity index (χ4v) is 2.29. The smallest absolute Gasteiger partial charge is 0.131 e. The molecule has 0 aromatic heterocycles. The van der Waals surface area contributed by atoms with Crippen molar-refractivity contribution >= 4 is 0 Å². The van der Waals surface area contributed by atoms with E-state index in [0.29, 0.717) is 17.7 Å². The summed E-state index contributed by atoms with van der Waals surface area (Å²) in [6, 6.07) is 7.89. The molecule has 1 N–H and O–H groups in total. The Morgan fingerprint density at radius 3 is 2.33 bits per heavy atom. The average molecular weight is 293 g/mol. The van der Waals surface area contributed by atoms with Crippen molar-refractivity contribution in [2.45, 2.75) is 26.3 Å². The summed E-state index contributed by atoms with van der Waals surface area (Å²) in [7, 11) is 0. The Kier molecular flexibility index (Phi) is 5.02. The van der Waals surface area contributed by atoms with E-state index < -0.39 is 23.5 Å². The van der Waals surface area contributed by atoms with E-state index in [2.05, 4.69) is 5.32 Å². The molecule has 2 aromatic rings. The van der Waals surface area contributed by atoms with Crippen LogP contribution in [0.4, 0.5) is 13.2 Å². The first kappa shape index (κ1) is 15.6. The maximum Gasteiger partial charge on any atom is 0.131 e. The predicted octanol–water partition coefficient (Wildman–Crippen LogP) is 4.50. The molecule has 0 spiro atoms. The maximum absolute atomic E-state index is 14.1. The lowest BCUT2D eigenvalue weighted by Gasteiger charge is -2.21. The van der Waals surface area contributed by atoms with E-state index in [-0.39, 0.29) is 5.56 Å². The van der Waals surface area contributed by atoms with Crippen molar-refractivity contribution < 1.29 is 13.2 Å². The maximum atomic E-state index is 14.1. The van der Waals surface area contributed by atoms with Gasteiger partial charge in [0, 0.05) is 17.2 Å². The quantitative estimate of drug-likeness (QED) is 0.855. The molecule has 0 radical (unpaired) electrons. The summed E-state index contributed by atoms with van der Waals surface area (Å²) in [5, 5.41) is 3.13. The standard InChI is InChI=1S/C17H18F3N/c1-3-8-21-17(12-6-4-5-7-14(12)18)13-9-11(2)15(19)10-16(13)20/h4-7,9-10,17,21H,3,8H2,1-2H3. The molecule has 0 aliphatic rings. The molecule has 0 amide bonds. The highest BCUT2D eigenvalue weighted by Gasteiger charge is 2.21. The van der Waals surface area contributed by atoms with E-state index in [1.807, 2.05) is 6.92 Å². The molecule has 0 fully saturated rings. The second-order valence-electron chi connectivity index (χ2n) is 5.03. The van der Waals surface area contributed by atoms with E-state index in [1.54, 1.807) is 25.1 Å². The van der Waals surface area contributed by atoms with Crippen LogP contribution >= 0.6 is 0 Å². The van der Waals surface area contributed by atoms with E-state index in [4.69, 9.17) is 0 Å². The Bertz CT molecular complexity index is 625. The normalized spacial score (nSPS) is 12.4. The Hall–Kier alpha value is -1.81. The third kappa shape index (κ3) is 3.45. The van der Waals surface area contributed by atoms with Crippen LogP contribution in [0.5, 0.6) is 0 Å². The first-order chi connectivity index (χ1) is 10.0. The zero-order chi connectivity index (χ0) is 15.4. The number of hydrogen-bond acceptors (Lipinski definition) is 1. The van der Waals surface area contributed by atoms with Crippen LogP contribution in [0.15, 0.2) is 36.4 Å². The van der Waals surface area contributed by atoms with Gasteiger partial charge in [0.25, 0.3) is 0 Å². The molecule has 0 bridgehead atoms. The molecule has 2 rings (SSSR count). The molecular weight excluding hydrogens is 275 g/mol. The van der Waals surface area contributed by atoms with Gasteiger partial charge < -0.3 is 5.32 Å². The number of halogens is 3. The lowest BCUT2D eigenvalue weighted by Crippen LogP contribution is -2.25. The van der Waals surface area contributed by atoms with Gasteiger partial charge in [0.05, 0.1) is 6.04 Å². The Labute approximate surface area is 122 Å². The minimum Gasteiger partial charge on any atom is -0.306 e. The first-order valence-corrected chi connectivity index (χ1v) is 6.98. The molecule has 112 valence electrons. The molecule has 0 aliphatic carbocycles. The van der Waals surface area contributed by atoms with Crippen LogP contribution in [-0.4, -0.2) is 6.54 Å². The average Bonchev–Trinajstić information content (AvgIpc) is 2.46. The summed E-state index contributed by atoms with van der Waals surface area (Å²) in [5.74, 6) is -1.68. The van der Waals surface area contributed by atoms with E-state index in [1.165, 1.54) is 12.1 Å². The summed E-state index contributed by atoms with van der Waals surface area (Å²) >= 11 is 0. The monoisotopic (exact) mass is 293 g/mol. The van der Waals surface area contributed by atoms with Gasteiger partial charge in [0.15, 0.2) is 0 Å². The molecule has 0 saturated heterocycles. The van der Waals surface area contributed by atoms with Gasteiger partial charge in [-0.05, 0) is 37.6 Å². The van der Waals surface area contributed by atoms with E-state index >= 15 is 0 Å². The molecule has 0 saturated carbocycles. The van der Waals surface area contributed by atoms with Crippen molar-refractivity contribution in [1.29, 1.82) is 0 Å². The molecule has 0 aliphatic heterocycles. The third-order valence-electron chi connectivity index (χ3n) is 3.40. The molecule has 1 nitrogen and oxygen atoms in total. The van der Waals surface area contributed by atoms with Crippen LogP contribution in [0.25, 0.3) is 0 Å². The SMILES string of the molecule is CCCNC(c1ccccc1F)c1cc(C)c(F)cc1F. The van der Waals surface area contributed by atoms with Crippen molar-refractivity contribution in [3.05, 3.63) is 70.5 Å². The second-order valence-corrected chi connectivity index (χ2v) is 5.03. The zero-order valence-corrected chi connectivity index (χ0v) is 12.1. The highest BCUT2D eigenvalue weighted by atomic mass is 19.1. The first-order valence-electron chi connectivity index (χ1n) is 6.98. The molecule has 2 aromatic carbocycles. The molecule has 1 atom stereocenters. The fraction of sp³-hybridized carbons (Fsp3) is 0.294. The number of nitrogens with one attached hydrogen (secondary N) is 1. The van der Waals surface area contributed by atoms with Gasteiger partial charge in [-0.3, -0.25) is 0 Å². The topological polar surface area (TPSA) is 12.0 Å². The third-order valence-corrected chi connectivity index (χ3v) is 3.40. The van der Waals surface area contributed by atoms with Crippen LogP contribution in [0.3, 0.4) is 0 Å². The van der Waals surface area contributed by atoms with Gasteiger partial charge in [0.2, 0.25) is 0 Å². The van der Waals surface area contributed by atoms with Crippen molar-refractivity contribution in [3.8, 4) is 0 Å². The van der Waals surface area contributed by atoms with Gasteiger partial charge in [-0.2, -0.15) is 0 Å². The Balaban J connectivity index is 2.51. The van der Waals surface area contributed by atoms with Crippen molar-refractivity contribution in [3.63, 3.8) is 0 Å². The summed E-state index contributed by atoms with van der Waals surface area (Å²) < 4.78 is 41.6. The minimum atomic E-state index is -0.671. The zero-order valence-electron chi connectivity index (χ0n) is 12.1.